The van der Waals surface area contributed by atoms with Gasteiger partial charge in [-0.3, -0.25) is 0 Å². The molecular weight excluding hydrogens is 283 g/mol. The molecule has 0 bridgehead atoms. The number of thioether (sulfide) groups is 1. The van der Waals surface area contributed by atoms with Crippen LogP contribution in [0.3, 0.4) is 0 Å². The summed E-state index contributed by atoms with van der Waals surface area (Å²) in [6.45, 7) is 3.99. The van der Waals surface area contributed by atoms with Gasteiger partial charge < -0.3 is 15.7 Å². The van der Waals surface area contributed by atoms with Crippen molar-refractivity contribution in [1.29, 1.82) is 0 Å². The molecule has 0 aromatic heterocycles. The quantitative estimate of drug-likeness (QED) is 0.534. The second-order valence-electron chi connectivity index (χ2n) is 3.74. The summed E-state index contributed by atoms with van der Waals surface area (Å²) < 4.78 is 13.1. The van der Waals surface area contributed by atoms with Gasteiger partial charge in [-0.1, -0.05) is 6.08 Å². The van der Waals surface area contributed by atoms with Crippen LogP contribution in [0.5, 0.6) is 0 Å². The Morgan fingerprint density at radius 2 is 2.20 bits per heavy atom. The standard InChI is InChI=1S/C13H15FN2O3S/c1-2-6-20-7-5-15-13(19)16-11-8-9(14)3-4-10(11)12(17)18/h2-4,8H,1,5-7H2,(H,17,18)(H2,15,16,19). The molecule has 0 heterocycles. The fourth-order valence-electron chi connectivity index (χ4n) is 1.38. The average molecular weight is 298 g/mol. The predicted molar refractivity (Wildman–Crippen MR) is 77.9 cm³/mol. The Bertz CT molecular complexity index is 508. The molecule has 5 nitrogen and oxygen atoms in total. The van der Waals surface area contributed by atoms with Gasteiger partial charge in [0, 0.05) is 18.1 Å². The zero-order chi connectivity index (χ0) is 15.0. The number of nitrogens with one attached hydrogen (secondary N) is 2. The first-order chi connectivity index (χ1) is 9.54. The second-order valence-corrected chi connectivity index (χ2v) is 4.89. The Morgan fingerprint density at radius 1 is 1.45 bits per heavy atom. The van der Waals surface area contributed by atoms with E-state index < -0.39 is 17.8 Å². The topological polar surface area (TPSA) is 78.4 Å². The van der Waals surface area contributed by atoms with Gasteiger partial charge in [0.1, 0.15) is 5.82 Å². The smallest absolute Gasteiger partial charge is 0.337 e. The summed E-state index contributed by atoms with van der Waals surface area (Å²) in [6, 6.07) is 2.53. The van der Waals surface area contributed by atoms with Crippen LogP contribution in [0.1, 0.15) is 10.4 Å². The van der Waals surface area contributed by atoms with E-state index in [4.69, 9.17) is 5.11 Å². The summed E-state index contributed by atoms with van der Waals surface area (Å²) in [5.41, 5.74) is -0.240. The lowest BCUT2D eigenvalue weighted by atomic mass is 10.2. The zero-order valence-electron chi connectivity index (χ0n) is 10.7. The van der Waals surface area contributed by atoms with Gasteiger partial charge in [-0.25, -0.2) is 14.0 Å². The van der Waals surface area contributed by atoms with Crippen molar-refractivity contribution in [1.82, 2.24) is 5.32 Å². The largest absolute Gasteiger partial charge is 0.478 e. The van der Waals surface area contributed by atoms with E-state index in [0.717, 1.165) is 24.0 Å². The number of carboxylic acids is 1. The summed E-state index contributed by atoms with van der Waals surface area (Å²) in [5, 5.41) is 13.8. The SMILES string of the molecule is C=CCSCCNC(=O)Nc1cc(F)ccc1C(=O)O. The van der Waals surface area contributed by atoms with Crippen molar-refractivity contribution in [3.8, 4) is 0 Å². The number of benzene rings is 1. The zero-order valence-corrected chi connectivity index (χ0v) is 11.5. The lowest BCUT2D eigenvalue weighted by molar-refractivity contribution is 0.0698. The number of aromatic carboxylic acids is 1. The van der Waals surface area contributed by atoms with Crippen LogP contribution in [0.25, 0.3) is 0 Å². The monoisotopic (exact) mass is 298 g/mol. The van der Waals surface area contributed by atoms with E-state index in [0.29, 0.717) is 12.3 Å². The molecule has 0 aliphatic rings. The Kier molecular flexibility index (Phi) is 6.58. The van der Waals surface area contributed by atoms with E-state index in [9.17, 15) is 14.0 Å². The summed E-state index contributed by atoms with van der Waals surface area (Å²) in [6.07, 6.45) is 1.76. The molecule has 0 spiro atoms. The Hall–Kier alpha value is -2.02. The lowest BCUT2D eigenvalue weighted by Gasteiger charge is -2.09. The highest BCUT2D eigenvalue weighted by atomic mass is 32.2. The minimum atomic E-state index is -1.23. The molecule has 20 heavy (non-hydrogen) atoms. The van der Waals surface area contributed by atoms with Gasteiger partial charge in [0.15, 0.2) is 0 Å². The van der Waals surface area contributed by atoms with Gasteiger partial charge in [0.25, 0.3) is 0 Å². The molecule has 3 N–H and O–H groups in total. The van der Waals surface area contributed by atoms with Crippen molar-refractivity contribution in [2.24, 2.45) is 0 Å². The molecular formula is C13H15FN2O3S. The minimum Gasteiger partial charge on any atom is -0.478 e. The number of carboxylic acid groups (broad SMARTS) is 1. The first kappa shape index (κ1) is 16.0. The second kappa shape index (κ2) is 8.21. The van der Waals surface area contributed by atoms with Crippen LogP contribution in [0.2, 0.25) is 0 Å². The maximum absolute atomic E-state index is 13.1. The van der Waals surface area contributed by atoms with Gasteiger partial charge in [0.2, 0.25) is 0 Å². The fourth-order valence-corrected chi connectivity index (χ4v) is 1.96. The van der Waals surface area contributed by atoms with Gasteiger partial charge in [-0.05, 0) is 18.2 Å². The molecule has 0 aliphatic carbocycles. The van der Waals surface area contributed by atoms with Crippen LogP contribution in [-0.4, -0.2) is 35.2 Å². The van der Waals surface area contributed by atoms with E-state index in [1.54, 1.807) is 17.8 Å². The predicted octanol–water partition coefficient (Wildman–Crippen LogP) is 2.56. The number of amides is 2. The molecule has 0 radical (unpaired) electrons. The first-order valence-electron chi connectivity index (χ1n) is 5.81. The molecule has 108 valence electrons. The van der Waals surface area contributed by atoms with E-state index in [1.165, 1.54) is 0 Å². The van der Waals surface area contributed by atoms with Crippen LogP contribution >= 0.6 is 11.8 Å². The van der Waals surface area contributed by atoms with Gasteiger partial charge in [-0.2, -0.15) is 11.8 Å². The van der Waals surface area contributed by atoms with Crippen LogP contribution in [-0.2, 0) is 0 Å². The lowest BCUT2D eigenvalue weighted by Crippen LogP contribution is -2.31. The number of urea groups is 1. The van der Waals surface area contributed by atoms with E-state index in [2.05, 4.69) is 17.2 Å². The van der Waals surface area contributed by atoms with Crippen molar-refractivity contribution >= 4 is 29.4 Å². The number of rotatable bonds is 7. The molecule has 1 aromatic carbocycles. The summed E-state index contributed by atoms with van der Waals surface area (Å²) in [5.74, 6) is -0.362. The number of hydrogen-bond acceptors (Lipinski definition) is 3. The molecule has 2 amide bonds. The highest BCUT2D eigenvalue weighted by Gasteiger charge is 2.13. The minimum absolute atomic E-state index is 0.0752. The molecule has 1 aromatic rings. The molecule has 7 heteroatoms. The van der Waals surface area contributed by atoms with Crippen molar-refractivity contribution in [2.75, 3.05) is 23.4 Å². The molecule has 0 saturated carbocycles. The molecule has 0 aliphatic heterocycles. The van der Waals surface area contributed by atoms with Crippen LogP contribution in [0.4, 0.5) is 14.9 Å². The number of carbonyl (C=O) groups excluding carboxylic acids is 1. The first-order valence-corrected chi connectivity index (χ1v) is 6.96. The molecule has 1 rings (SSSR count). The van der Waals surface area contributed by atoms with Crippen LogP contribution in [0.15, 0.2) is 30.9 Å². The van der Waals surface area contributed by atoms with E-state index in [-0.39, 0.29) is 11.3 Å². The number of hydrogen-bond donors (Lipinski definition) is 3. The third-order valence-corrected chi connectivity index (χ3v) is 3.19. The van der Waals surface area contributed by atoms with Crippen molar-refractivity contribution in [3.63, 3.8) is 0 Å². The Labute approximate surface area is 120 Å². The van der Waals surface area contributed by atoms with Crippen molar-refractivity contribution in [2.45, 2.75) is 0 Å². The van der Waals surface area contributed by atoms with Gasteiger partial charge in [-0.15, -0.1) is 6.58 Å². The van der Waals surface area contributed by atoms with E-state index in [1.807, 2.05) is 0 Å². The van der Waals surface area contributed by atoms with E-state index >= 15 is 0 Å². The highest BCUT2D eigenvalue weighted by molar-refractivity contribution is 7.99. The number of halogens is 1. The molecule has 0 saturated heterocycles. The fraction of sp³-hybridized carbons (Fsp3) is 0.231. The maximum atomic E-state index is 13.1. The van der Waals surface area contributed by atoms with Gasteiger partial charge in [0.05, 0.1) is 11.3 Å². The molecule has 0 fully saturated rings. The van der Waals surface area contributed by atoms with Crippen LogP contribution < -0.4 is 10.6 Å². The van der Waals surface area contributed by atoms with Crippen LogP contribution in [0, 0.1) is 5.82 Å². The van der Waals surface area contributed by atoms with Crippen molar-refractivity contribution in [3.05, 3.63) is 42.2 Å². The third-order valence-electron chi connectivity index (χ3n) is 2.23. The summed E-state index contributed by atoms with van der Waals surface area (Å²) in [7, 11) is 0. The number of anilines is 1. The third kappa shape index (κ3) is 5.31. The van der Waals surface area contributed by atoms with Gasteiger partial charge >= 0.3 is 12.0 Å². The summed E-state index contributed by atoms with van der Waals surface area (Å²) in [4.78, 5) is 22.5. The maximum Gasteiger partial charge on any atom is 0.337 e. The Balaban J connectivity index is 2.55. The molecule has 0 unspecified atom stereocenters. The Morgan fingerprint density at radius 3 is 2.85 bits per heavy atom. The summed E-state index contributed by atoms with van der Waals surface area (Å²) >= 11 is 1.60. The molecule has 0 atom stereocenters. The number of carbonyl (C=O) groups is 2. The highest BCUT2D eigenvalue weighted by Crippen LogP contribution is 2.17. The normalized spacial score (nSPS) is 9.85. The average Bonchev–Trinajstić information content (AvgIpc) is 2.38. The van der Waals surface area contributed by atoms with Crippen molar-refractivity contribution < 1.29 is 19.1 Å².